The van der Waals surface area contributed by atoms with Gasteiger partial charge < -0.3 is 11.1 Å². The number of nitrogens with one attached hydrogen (secondary N) is 1. The van der Waals surface area contributed by atoms with E-state index in [2.05, 4.69) is 5.32 Å². The molecule has 108 valence electrons. The molecule has 0 bridgehead atoms. The molecule has 3 rings (SSSR count). The van der Waals surface area contributed by atoms with Crippen molar-refractivity contribution in [3.05, 3.63) is 69.2 Å². The number of aryl methyl sites for hydroxylation is 1. The van der Waals surface area contributed by atoms with Crippen molar-refractivity contribution in [2.45, 2.75) is 19.4 Å². The molecule has 1 aliphatic rings. The highest BCUT2D eigenvalue weighted by atomic mass is 35.5. The van der Waals surface area contributed by atoms with Gasteiger partial charge in [-0.15, -0.1) is 0 Å². The molecular weight excluding hydrogens is 284 g/mol. The maximum Gasteiger partial charge on any atom is 0.251 e. The molecule has 0 saturated carbocycles. The molecule has 2 aromatic carbocycles. The van der Waals surface area contributed by atoms with Gasteiger partial charge in [-0.2, -0.15) is 0 Å². The van der Waals surface area contributed by atoms with Crippen molar-refractivity contribution in [2.75, 3.05) is 6.54 Å². The first-order chi connectivity index (χ1) is 10.1. The van der Waals surface area contributed by atoms with Crippen molar-refractivity contribution < 1.29 is 4.79 Å². The molecule has 1 atom stereocenters. The third-order valence-corrected chi connectivity index (χ3v) is 4.38. The molecule has 0 aromatic heterocycles. The number of benzene rings is 2. The number of carbonyl (C=O) groups is 1. The first-order valence-corrected chi connectivity index (χ1v) is 7.36. The second-order valence-electron chi connectivity index (χ2n) is 5.41. The number of carbonyl (C=O) groups excluding carboxylic acids is 1. The third kappa shape index (κ3) is 2.67. The molecule has 0 radical (unpaired) electrons. The SMILES string of the molecule is Cc1cc(C(N)c2ccc3c(c2)C(=O)NCC3)ccc1Cl. The molecule has 0 spiro atoms. The number of hydrogen-bond donors (Lipinski definition) is 2. The van der Waals surface area contributed by atoms with Gasteiger partial charge in [-0.25, -0.2) is 0 Å². The Morgan fingerprint density at radius 3 is 2.67 bits per heavy atom. The zero-order valence-corrected chi connectivity index (χ0v) is 12.6. The molecule has 0 aliphatic carbocycles. The lowest BCUT2D eigenvalue weighted by atomic mass is 9.92. The molecule has 2 aromatic rings. The Balaban J connectivity index is 1.98. The maximum absolute atomic E-state index is 11.9. The van der Waals surface area contributed by atoms with E-state index in [0.29, 0.717) is 6.54 Å². The highest BCUT2D eigenvalue weighted by Crippen LogP contribution is 2.26. The Hall–Kier alpha value is -1.84. The monoisotopic (exact) mass is 300 g/mol. The number of hydrogen-bond acceptors (Lipinski definition) is 2. The Kier molecular flexibility index (Phi) is 3.70. The minimum Gasteiger partial charge on any atom is -0.352 e. The molecule has 1 heterocycles. The summed E-state index contributed by atoms with van der Waals surface area (Å²) in [5.41, 5.74) is 11.1. The number of rotatable bonds is 2. The normalized spacial score (nSPS) is 15.3. The van der Waals surface area contributed by atoms with Gasteiger partial charge in [-0.05, 0) is 47.7 Å². The van der Waals surface area contributed by atoms with E-state index >= 15 is 0 Å². The van der Waals surface area contributed by atoms with Crippen molar-refractivity contribution in [3.8, 4) is 0 Å². The van der Waals surface area contributed by atoms with Crippen molar-refractivity contribution in [1.29, 1.82) is 0 Å². The van der Waals surface area contributed by atoms with Gasteiger partial charge in [-0.3, -0.25) is 4.79 Å². The van der Waals surface area contributed by atoms with Crippen molar-refractivity contribution >= 4 is 17.5 Å². The third-order valence-electron chi connectivity index (χ3n) is 3.96. The van der Waals surface area contributed by atoms with Crippen LogP contribution in [0.4, 0.5) is 0 Å². The van der Waals surface area contributed by atoms with Crippen LogP contribution in [0.2, 0.25) is 5.02 Å². The van der Waals surface area contributed by atoms with Gasteiger partial charge in [0.05, 0.1) is 6.04 Å². The van der Waals surface area contributed by atoms with Gasteiger partial charge in [0.25, 0.3) is 5.91 Å². The van der Waals surface area contributed by atoms with Gasteiger partial charge in [0, 0.05) is 17.1 Å². The molecule has 3 nitrogen and oxygen atoms in total. The summed E-state index contributed by atoms with van der Waals surface area (Å²) in [6, 6.07) is 11.4. The van der Waals surface area contributed by atoms with Crippen LogP contribution >= 0.6 is 11.6 Å². The molecule has 3 N–H and O–H groups in total. The fourth-order valence-electron chi connectivity index (χ4n) is 2.68. The van der Waals surface area contributed by atoms with Crippen LogP contribution in [0.25, 0.3) is 0 Å². The lowest BCUT2D eigenvalue weighted by Crippen LogP contribution is -2.32. The molecule has 4 heteroatoms. The van der Waals surface area contributed by atoms with Crippen LogP contribution in [-0.2, 0) is 6.42 Å². The lowest BCUT2D eigenvalue weighted by molar-refractivity contribution is 0.0946. The van der Waals surface area contributed by atoms with E-state index < -0.39 is 0 Å². The first kappa shape index (κ1) is 14.1. The van der Waals surface area contributed by atoms with Crippen LogP contribution in [0.1, 0.15) is 38.7 Å². The molecular formula is C17H17ClN2O. The minimum absolute atomic E-state index is 0.0161. The summed E-state index contributed by atoms with van der Waals surface area (Å²) in [4.78, 5) is 11.9. The average Bonchev–Trinajstić information content (AvgIpc) is 2.49. The smallest absolute Gasteiger partial charge is 0.251 e. The van der Waals surface area contributed by atoms with E-state index in [9.17, 15) is 4.79 Å². The van der Waals surface area contributed by atoms with Crippen molar-refractivity contribution in [1.82, 2.24) is 5.32 Å². The van der Waals surface area contributed by atoms with Gasteiger partial charge in [0.2, 0.25) is 0 Å². The zero-order chi connectivity index (χ0) is 15.0. The summed E-state index contributed by atoms with van der Waals surface area (Å²) in [5, 5.41) is 3.60. The molecule has 21 heavy (non-hydrogen) atoms. The quantitative estimate of drug-likeness (QED) is 0.896. The summed E-state index contributed by atoms with van der Waals surface area (Å²) in [5.74, 6) is -0.0161. The van der Waals surface area contributed by atoms with Gasteiger partial charge in [-0.1, -0.05) is 35.9 Å². The summed E-state index contributed by atoms with van der Waals surface area (Å²) in [7, 11) is 0. The fraction of sp³-hybridized carbons (Fsp3) is 0.235. The van der Waals surface area contributed by atoms with E-state index in [-0.39, 0.29) is 11.9 Å². The zero-order valence-electron chi connectivity index (χ0n) is 11.8. The molecule has 0 saturated heterocycles. The first-order valence-electron chi connectivity index (χ1n) is 6.99. The van der Waals surface area contributed by atoms with E-state index in [1.54, 1.807) is 0 Å². The van der Waals surface area contributed by atoms with E-state index in [4.69, 9.17) is 17.3 Å². The Labute approximate surface area is 129 Å². The van der Waals surface area contributed by atoms with Crippen molar-refractivity contribution in [3.63, 3.8) is 0 Å². The van der Waals surface area contributed by atoms with E-state index in [0.717, 1.165) is 39.3 Å². The standard InChI is InChI=1S/C17H17ClN2O/c1-10-8-12(4-5-15(10)18)16(19)13-3-2-11-6-7-20-17(21)14(11)9-13/h2-5,8-9,16H,6-7,19H2,1H3,(H,20,21). The van der Waals surface area contributed by atoms with Crippen LogP contribution in [0.15, 0.2) is 36.4 Å². The van der Waals surface area contributed by atoms with Crippen molar-refractivity contribution in [2.24, 2.45) is 5.73 Å². The summed E-state index contributed by atoms with van der Waals surface area (Å²) < 4.78 is 0. The number of nitrogens with two attached hydrogens (primary N) is 1. The number of amides is 1. The molecule has 0 fully saturated rings. The molecule has 1 aliphatic heterocycles. The number of fused-ring (bicyclic) bond motifs is 1. The predicted octanol–water partition coefficient (Wildman–Crippen LogP) is 2.98. The summed E-state index contributed by atoms with van der Waals surface area (Å²) in [6.07, 6.45) is 0.872. The highest BCUT2D eigenvalue weighted by molar-refractivity contribution is 6.31. The fourth-order valence-corrected chi connectivity index (χ4v) is 2.79. The Morgan fingerprint density at radius 1 is 1.19 bits per heavy atom. The largest absolute Gasteiger partial charge is 0.352 e. The number of halogens is 1. The van der Waals surface area contributed by atoms with Gasteiger partial charge in [0.15, 0.2) is 0 Å². The van der Waals surface area contributed by atoms with Crippen LogP contribution in [0.3, 0.4) is 0 Å². The van der Waals surface area contributed by atoms with Crippen LogP contribution in [-0.4, -0.2) is 12.5 Å². The predicted molar refractivity (Wildman–Crippen MR) is 84.7 cm³/mol. The van der Waals surface area contributed by atoms with E-state index in [1.807, 2.05) is 43.3 Å². The second-order valence-corrected chi connectivity index (χ2v) is 5.82. The highest BCUT2D eigenvalue weighted by Gasteiger charge is 2.19. The van der Waals surface area contributed by atoms with Crippen LogP contribution in [0.5, 0.6) is 0 Å². The van der Waals surface area contributed by atoms with E-state index in [1.165, 1.54) is 0 Å². The topological polar surface area (TPSA) is 55.1 Å². The molecule has 1 amide bonds. The van der Waals surface area contributed by atoms with Crippen LogP contribution < -0.4 is 11.1 Å². The molecule has 1 unspecified atom stereocenters. The Bertz CT molecular complexity index is 712. The summed E-state index contributed by atoms with van der Waals surface area (Å²) in [6.45, 7) is 2.66. The van der Waals surface area contributed by atoms with Crippen LogP contribution in [0, 0.1) is 6.92 Å². The summed E-state index contributed by atoms with van der Waals surface area (Å²) >= 11 is 6.05. The van der Waals surface area contributed by atoms with Gasteiger partial charge >= 0.3 is 0 Å². The second kappa shape index (κ2) is 5.51. The lowest BCUT2D eigenvalue weighted by Gasteiger charge is -2.20. The maximum atomic E-state index is 11.9. The Morgan fingerprint density at radius 2 is 1.90 bits per heavy atom. The minimum atomic E-state index is -0.263. The average molecular weight is 301 g/mol. The van der Waals surface area contributed by atoms with Gasteiger partial charge in [0.1, 0.15) is 0 Å².